The van der Waals surface area contributed by atoms with E-state index in [1.54, 1.807) is 0 Å². The van der Waals surface area contributed by atoms with Crippen LogP contribution in [-0.2, 0) is 0 Å². The molecular formula is C18H28N2. The molecule has 1 aromatic rings. The highest BCUT2D eigenvalue weighted by Gasteiger charge is 2.32. The molecule has 3 rings (SSSR count). The first-order valence-electron chi connectivity index (χ1n) is 8.18. The van der Waals surface area contributed by atoms with Crippen molar-refractivity contribution in [3.63, 3.8) is 0 Å². The van der Waals surface area contributed by atoms with Gasteiger partial charge in [0.1, 0.15) is 0 Å². The number of para-hydroxylation sites is 1. The minimum absolute atomic E-state index is 0.558. The van der Waals surface area contributed by atoms with Gasteiger partial charge in [-0.2, -0.15) is 0 Å². The number of benzene rings is 1. The minimum atomic E-state index is 0.558. The third-order valence-corrected chi connectivity index (χ3v) is 5.06. The lowest BCUT2D eigenvalue weighted by Gasteiger charge is -2.35. The van der Waals surface area contributed by atoms with Gasteiger partial charge in [0.15, 0.2) is 0 Å². The normalized spacial score (nSPS) is 26.9. The Morgan fingerprint density at radius 2 is 1.70 bits per heavy atom. The topological polar surface area (TPSA) is 15.3 Å². The molecule has 2 fully saturated rings. The Kier molecular flexibility index (Phi) is 4.02. The lowest BCUT2D eigenvalue weighted by atomic mass is 9.91. The van der Waals surface area contributed by atoms with E-state index in [0.717, 1.165) is 12.1 Å². The summed E-state index contributed by atoms with van der Waals surface area (Å²) < 4.78 is 0. The molecule has 0 aromatic heterocycles. The van der Waals surface area contributed by atoms with Gasteiger partial charge in [0.05, 0.1) is 0 Å². The van der Waals surface area contributed by atoms with Gasteiger partial charge in [-0.25, -0.2) is 0 Å². The van der Waals surface area contributed by atoms with E-state index < -0.39 is 0 Å². The van der Waals surface area contributed by atoms with Gasteiger partial charge in [-0.05, 0) is 49.7 Å². The number of rotatable bonds is 3. The molecule has 1 N–H and O–H groups in total. The number of piperidine rings is 1. The van der Waals surface area contributed by atoms with Crippen LogP contribution in [0.5, 0.6) is 0 Å². The molecule has 0 spiro atoms. The lowest BCUT2D eigenvalue weighted by Crippen LogP contribution is -2.45. The lowest BCUT2D eigenvalue weighted by molar-refractivity contribution is 0.331. The van der Waals surface area contributed by atoms with Crippen molar-refractivity contribution in [3.05, 3.63) is 30.3 Å². The van der Waals surface area contributed by atoms with Crippen molar-refractivity contribution in [2.45, 2.75) is 58.0 Å². The molecule has 0 radical (unpaired) electrons. The molecule has 1 atom stereocenters. The zero-order chi connectivity index (χ0) is 14.0. The molecule has 1 aromatic carbocycles. The zero-order valence-corrected chi connectivity index (χ0v) is 12.9. The summed E-state index contributed by atoms with van der Waals surface area (Å²) >= 11 is 0. The number of hydrogen-bond donors (Lipinski definition) is 1. The van der Waals surface area contributed by atoms with Crippen LogP contribution in [-0.4, -0.2) is 25.2 Å². The quantitative estimate of drug-likeness (QED) is 0.900. The van der Waals surface area contributed by atoms with Crippen LogP contribution in [0.15, 0.2) is 30.3 Å². The van der Waals surface area contributed by atoms with Gasteiger partial charge >= 0.3 is 0 Å². The molecule has 2 aliphatic rings. The number of nitrogens with one attached hydrogen (secondary N) is 1. The largest absolute Gasteiger partial charge is 0.371 e. The fourth-order valence-corrected chi connectivity index (χ4v) is 3.85. The summed E-state index contributed by atoms with van der Waals surface area (Å²) in [6.07, 6.45) is 6.67. The second-order valence-electron chi connectivity index (χ2n) is 7.37. The SMILES string of the molecule is CC1(C)CCC(NC2CCN(c3ccccc3)CC2)C1. The second-order valence-corrected chi connectivity index (χ2v) is 7.37. The third-order valence-electron chi connectivity index (χ3n) is 5.06. The van der Waals surface area contributed by atoms with E-state index in [1.165, 1.54) is 50.9 Å². The van der Waals surface area contributed by atoms with E-state index in [2.05, 4.69) is 54.4 Å². The summed E-state index contributed by atoms with van der Waals surface area (Å²) in [5.74, 6) is 0. The molecule has 2 nitrogen and oxygen atoms in total. The van der Waals surface area contributed by atoms with Crippen molar-refractivity contribution in [1.29, 1.82) is 0 Å². The highest BCUT2D eigenvalue weighted by Crippen LogP contribution is 2.37. The first kappa shape index (κ1) is 13.9. The van der Waals surface area contributed by atoms with Crippen molar-refractivity contribution in [2.24, 2.45) is 5.41 Å². The first-order valence-corrected chi connectivity index (χ1v) is 8.18. The second kappa shape index (κ2) is 5.77. The van der Waals surface area contributed by atoms with Crippen LogP contribution in [0.2, 0.25) is 0 Å². The maximum Gasteiger partial charge on any atom is 0.0366 e. The molecular weight excluding hydrogens is 244 g/mol. The predicted molar refractivity (Wildman–Crippen MR) is 86.2 cm³/mol. The average Bonchev–Trinajstić information content (AvgIpc) is 2.80. The molecule has 1 heterocycles. The van der Waals surface area contributed by atoms with Crippen molar-refractivity contribution < 1.29 is 0 Å². The Balaban J connectivity index is 1.47. The van der Waals surface area contributed by atoms with Crippen molar-refractivity contribution >= 4 is 5.69 Å². The number of hydrogen-bond acceptors (Lipinski definition) is 2. The van der Waals surface area contributed by atoms with Crippen LogP contribution >= 0.6 is 0 Å². The number of nitrogens with zero attached hydrogens (tertiary/aromatic N) is 1. The standard InChI is InChI=1S/C18H28N2/c1-18(2)11-8-16(14-18)19-15-9-12-20(13-10-15)17-6-4-3-5-7-17/h3-7,15-16,19H,8-14H2,1-2H3. The van der Waals surface area contributed by atoms with Crippen LogP contribution in [0, 0.1) is 5.41 Å². The van der Waals surface area contributed by atoms with Crippen molar-refractivity contribution in [2.75, 3.05) is 18.0 Å². The molecule has 1 saturated carbocycles. The average molecular weight is 272 g/mol. The summed E-state index contributed by atoms with van der Waals surface area (Å²) in [5.41, 5.74) is 1.94. The molecule has 1 aliphatic heterocycles. The molecule has 1 aliphatic carbocycles. The summed E-state index contributed by atoms with van der Waals surface area (Å²) in [7, 11) is 0. The van der Waals surface area contributed by atoms with E-state index in [4.69, 9.17) is 0 Å². The Morgan fingerprint density at radius 1 is 1.00 bits per heavy atom. The molecule has 110 valence electrons. The Labute approximate surface area is 123 Å². The Morgan fingerprint density at radius 3 is 2.30 bits per heavy atom. The molecule has 20 heavy (non-hydrogen) atoms. The van der Waals surface area contributed by atoms with Crippen LogP contribution in [0.1, 0.15) is 46.0 Å². The molecule has 1 saturated heterocycles. The van der Waals surface area contributed by atoms with Crippen molar-refractivity contribution in [1.82, 2.24) is 5.32 Å². The summed E-state index contributed by atoms with van der Waals surface area (Å²) in [4.78, 5) is 2.52. The van der Waals surface area contributed by atoms with E-state index in [0.29, 0.717) is 5.41 Å². The maximum atomic E-state index is 3.92. The molecule has 2 heteroatoms. The zero-order valence-electron chi connectivity index (χ0n) is 12.9. The van der Waals surface area contributed by atoms with E-state index in [9.17, 15) is 0 Å². The highest BCUT2D eigenvalue weighted by atomic mass is 15.1. The minimum Gasteiger partial charge on any atom is -0.371 e. The van der Waals surface area contributed by atoms with Gasteiger partial charge in [-0.3, -0.25) is 0 Å². The summed E-state index contributed by atoms with van der Waals surface area (Å²) in [6.45, 7) is 7.20. The van der Waals surface area contributed by atoms with Gasteiger partial charge in [0.2, 0.25) is 0 Å². The fourth-order valence-electron chi connectivity index (χ4n) is 3.85. The van der Waals surface area contributed by atoms with Gasteiger partial charge in [-0.1, -0.05) is 32.0 Å². The van der Waals surface area contributed by atoms with Gasteiger partial charge in [-0.15, -0.1) is 0 Å². The van der Waals surface area contributed by atoms with Crippen LogP contribution in [0.4, 0.5) is 5.69 Å². The molecule has 1 unspecified atom stereocenters. The van der Waals surface area contributed by atoms with Crippen molar-refractivity contribution in [3.8, 4) is 0 Å². The fraction of sp³-hybridized carbons (Fsp3) is 0.667. The van der Waals surface area contributed by atoms with Gasteiger partial charge in [0.25, 0.3) is 0 Å². The van der Waals surface area contributed by atoms with E-state index >= 15 is 0 Å². The number of anilines is 1. The Hall–Kier alpha value is -1.02. The monoisotopic (exact) mass is 272 g/mol. The van der Waals surface area contributed by atoms with Crippen LogP contribution in [0.25, 0.3) is 0 Å². The summed E-state index contributed by atoms with van der Waals surface area (Å²) in [6, 6.07) is 12.3. The van der Waals surface area contributed by atoms with E-state index in [1.807, 2.05) is 0 Å². The molecule has 0 bridgehead atoms. The summed E-state index contributed by atoms with van der Waals surface area (Å²) in [5, 5.41) is 3.92. The maximum absolute atomic E-state index is 3.92. The highest BCUT2D eigenvalue weighted by molar-refractivity contribution is 5.46. The Bertz CT molecular complexity index is 418. The first-order chi connectivity index (χ1) is 9.62. The molecule has 0 amide bonds. The third kappa shape index (κ3) is 3.35. The van der Waals surface area contributed by atoms with E-state index in [-0.39, 0.29) is 0 Å². The van der Waals surface area contributed by atoms with Crippen LogP contribution in [0.3, 0.4) is 0 Å². The van der Waals surface area contributed by atoms with Gasteiger partial charge in [0, 0.05) is 30.9 Å². The smallest absolute Gasteiger partial charge is 0.0366 e. The van der Waals surface area contributed by atoms with Gasteiger partial charge < -0.3 is 10.2 Å². The van der Waals surface area contributed by atoms with Crippen LogP contribution < -0.4 is 10.2 Å². The predicted octanol–water partition coefficient (Wildman–Crippen LogP) is 3.82.